The van der Waals surface area contributed by atoms with E-state index in [1.54, 1.807) is 6.33 Å². The van der Waals surface area contributed by atoms with Gasteiger partial charge < -0.3 is 0 Å². The van der Waals surface area contributed by atoms with Crippen molar-refractivity contribution >= 4 is 38.5 Å². The molecule has 1 aromatic heterocycles. The Morgan fingerprint density at radius 3 is 2.71 bits per heavy atom. The Balaban J connectivity index is 2.49. The summed E-state index contributed by atoms with van der Waals surface area (Å²) in [5, 5.41) is 0. The summed E-state index contributed by atoms with van der Waals surface area (Å²) in [6, 6.07) is 10.1. The van der Waals surface area contributed by atoms with Gasteiger partial charge in [0, 0.05) is 9.13 Å². The lowest BCUT2D eigenvalue weighted by molar-refractivity contribution is 1.14. The lowest BCUT2D eigenvalue weighted by Gasteiger charge is -2.00. The molecular formula is C10H6BrIN2. The van der Waals surface area contributed by atoms with Crippen LogP contribution in [0, 0.1) is 3.57 Å². The summed E-state index contributed by atoms with van der Waals surface area (Å²) in [7, 11) is 0. The van der Waals surface area contributed by atoms with Crippen molar-refractivity contribution in [2.45, 2.75) is 0 Å². The van der Waals surface area contributed by atoms with E-state index in [-0.39, 0.29) is 0 Å². The number of rotatable bonds is 1. The third-order valence-corrected chi connectivity index (χ3v) is 2.86. The van der Waals surface area contributed by atoms with Gasteiger partial charge in [0.1, 0.15) is 10.9 Å². The largest absolute Gasteiger partial charge is 0.236 e. The standard InChI is InChI=1S/C10H6BrIN2/c11-10-5-9(13-6-14-10)7-2-1-3-8(12)4-7/h1-6H. The van der Waals surface area contributed by atoms with Crippen LogP contribution in [0.4, 0.5) is 0 Å². The smallest absolute Gasteiger partial charge is 0.117 e. The van der Waals surface area contributed by atoms with Crippen molar-refractivity contribution in [2.24, 2.45) is 0 Å². The minimum Gasteiger partial charge on any atom is -0.236 e. The summed E-state index contributed by atoms with van der Waals surface area (Å²) < 4.78 is 2.01. The second-order valence-electron chi connectivity index (χ2n) is 2.74. The van der Waals surface area contributed by atoms with Crippen LogP contribution in [0.15, 0.2) is 41.3 Å². The number of benzene rings is 1. The highest BCUT2D eigenvalue weighted by molar-refractivity contribution is 14.1. The number of halogens is 2. The monoisotopic (exact) mass is 360 g/mol. The molecule has 4 heteroatoms. The third kappa shape index (κ3) is 2.30. The zero-order chi connectivity index (χ0) is 9.97. The van der Waals surface area contributed by atoms with Gasteiger partial charge >= 0.3 is 0 Å². The van der Waals surface area contributed by atoms with E-state index >= 15 is 0 Å². The van der Waals surface area contributed by atoms with E-state index in [4.69, 9.17) is 0 Å². The molecule has 2 rings (SSSR count). The summed E-state index contributed by atoms with van der Waals surface area (Å²) in [5.41, 5.74) is 2.05. The molecule has 0 aliphatic rings. The maximum atomic E-state index is 4.21. The Bertz CT molecular complexity index is 416. The van der Waals surface area contributed by atoms with Crippen LogP contribution in [0.1, 0.15) is 0 Å². The van der Waals surface area contributed by atoms with Crippen LogP contribution in [0.2, 0.25) is 0 Å². The molecule has 14 heavy (non-hydrogen) atoms. The average molecular weight is 361 g/mol. The summed E-state index contributed by atoms with van der Waals surface area (Å²) in [6.45, 7) is 0. The van der Waals surface area contributed by atoms with Crippen LogP contribution in [0.25, 0.3) is 11.3 Å². The molecule has 0 aliphatic carbocycles. The van der Waals surface area contributed by atoms with Crippen molar-refractivity contribution in [1.29, 1.82) is 0 Å². The van der Waals surface area contributed by atoms with Crippen molar-refractivity contribution < 1.29 is 0 Å². The van der Waals surface area contributed by atoms with Gasteiger partial charge in [0.05, 0.1) is 5.69 Å². The topological polar surface area (TPSA) is 25.8 Å². The van der Waals surface area contributed by atoms with E-state index in [0.29, 0.717) is 0 Å². The first-order valence-electron chi connectivity index (χ1n) is 3.99. The molecule has 0 fully saturated rings. The van der Waals surface area contributed by atoms with Crippen molar-refractivity contribution in [3.63, 3.8) is 0 Å². The fraction of sp³-hybridized carbons (Fsp3) is 0. The zero-order valence-electron chi connectivity index (χ0n) is 7.11. The number of hydrogen-bond acceptors (Lipinski definition) is 2. The van der Waals surface area contributed by atoms with Crippen molar-refractivity contribution in [2.75, 3.05) is 0 Å². The predicted molar refractivity (Wildman–Crippen MR) is 67.9 cm³/mol. The quantitative estimate of drug-likeness (QED) is 0.574. The van der Waals surface area contributed by atoms with E-state index in [9.17, 15) is 0 Å². The molecule has 1 aromatic carbocycles. The Kier molecular flexibility index (Phi) is 3.12. The molecule has 0 bridgehead atoms. The first-order valence-corrected chi connectivity index (χ1v) is 5.86. The third-order valence-electron chi connectivity index (χ3n) is 1.75. The van der Waals surface area contributed by atoms with Crippen LogP contribution in [-0.2, 0) is 0 Å². The Hall–Kier alpha value is -0.490. The van der Waals surface area contributed by atoms with Gasteiger partial charge in [-0.1, -0.05) is 12.1 Å². The van der Waals surface area contributed by atoms with Crippen LogP contribution in [-0.4, -0.2) is 9.97 Å². The minimum atomic E-state index is 0.807. The van der Waals surface area contributed by atoms with Crippen LogP contribution in [0.3, 0.4) is 0 Å². The van der Waals surface area contributed by atoms with Gasteiger partial charge in [-0.15, -0.1) is 0 Å². The van der Waals surface area contributed by atoms with Gasteiger partial charge in [-0.25, -0.2) is 9.97 Å². The van der Waals surface area contributed by atoms with Crippen LogP contribution >= 0.6 is 38.5 Å². The maximum absolute atomic E-state index is 4.21. The molecule has 0 aliphatic heterocycles. The molecule has 1 heterocycles. The summed E-state index contributed by atoms with van der Waals surface area (Å²) in [6.07, 6.45) is 1.55. The molecule has 0 radical (unpaired) electrons. The van der Waals surface area contributed by atoms with E-state index in [1.165, 1.54) is 3.57 Å². The first-order chi connectivity index (χ1) is 6.75. The predicted octanol–water partition coefficient (Wildman–Crippen LogP) is 3.51. The van der Waals surface area contributed by atoms with Gasteiger partial charge in [-0.05, 0) is 56.7 Å². The van der Waals surface area contributed by atoms with Gasteiger partial charge in [0.25, 0.3) is 0 Å². The zero-order valence-corrected chi connectivity index (χ0v) is 10.9. The molecule has 0 N–H and O–H groups in total. The molecular weight excluding hydrogens is 355 g/mol. The molecule has 0 amide bonds. The Morgan fingerprint density at radius 2 is 2.00 bits per heavy atom. The SMILES string of the molecule is Brc1cc(-c2cccc(I)c2)ncn1. The van der Waals surface area contributed by atoms with Gasteiger partial charge in [-0.2, -0.15) is 0 Å². The normalized spacial score (nSPS) is 10.1. The number of hydrogen-bond donors (Lipinski definition) is 0. The van der Waals surface area contributed by atoms with E-state index in [1.807, 2.05) is 18.2 Å². The second kappa shape index (κ2) is 4.35. The average Bonchev–Trinajstić information content (AvgIpc) is 2.18. The minimum absolute atomic E-state index is 0.807. The van der Waals surface area contributed by atoms with Crippen molar-refractivity contribution in [3.8, 4) is 11.3 Å². The van der Waals surface area contributed by atoms with Crippen molar-refractivity contribution in [1.82, 2.24) is 9.97 Å². The van der Waals surface area contributed by atoms with Crippen LogP contribution < -0.4 is 0 Å². The summed E-state index contributed by atoms with van der Waals surface area (Å²) in [4.78, 5) is 8.20. The molecule has 0 unspecified atom stereocenters. The highest BCUT2D eigenvalue weighted by atomic mass is 127. The van der Waals surface area contributed by atoms with Gasteiger partial charge in [0.15, 0.2) is 0 Å². The molecule has 70 valence electrons. The maximum Gasteiger partial charge on any atom is 0.117 e. The first kappa shape index (κ1) is 10.0. The fourth-order valence-electron chi connectivity index (χ4n) is 1.14. The number of aromatic nitrogens is 2. The summed E-state index contributed by atoms with van der Waals surface area (Å²) in [5.74, 6) is 0. The molecule has 0 spiro atoms. The highest BCUT2D eigenvalue weighted by Crippen LogP contribution is 2.20. The van der Waals surface area contributed by atoms with Crippen LogP contribution in [0.5, 0.6) is 0 Å². The van der Waals surface area contributed by atoms with E-state index in [2.05, 4.69) is 60.6 Å². The fourth-order valence-corrected chi connectivity index (χ4v) is 1.99. The van der Waals surface area contributed by atoms with E-state index in [0.717, 1.165) is 15.9 Å². The molecule has 0 saturated heterocycles. The van der Waals surface area contributed by atoms with Gasteiger partial charge in [0.2, 0.25) is 0 Å². The van der Waals surface area contributed by atoms with Gasteiger partial charge in [-0.3, -0.25) is 0 Å². The molecule has 0 saturated carbocycles. The van der Waals surface area contributed by atoms with Crippen molar-refractivity contribution in [3.05, 3.63) is 44.8 Å². The number of nitrogens with zero attached hydrogens (tertiary/aromatic N) is 2. The highest BCUT2D eigenvalue weighted by Gasteiger charge is 2.00. The lowest BCUT2D eigenvalue weighted by atomic mass is 10.1. The molecule has 2 nitrogen and oxygen atoms in total. The Morgan fingerprint density at radius 1 is 1.14 bits per heavy atom. The van der Waals surface area contributed by atoms with E-state index < -0.39 is 0 Å². The Labute approximate surface area is 104 Å². The molecule has 2 aromatic rings. The lowest BCUT2D eigenvalue weighted by Crippen LogP contribution is -1.85. The second-order valence-corrected chi connectivity index (χ2v) is 4.79. The molecule has 0 atom stereocenters. The summed E-state index contributed by atoms with van der Waals surface area (Å²) >= 11 is 5.61.